The Balaban J connectivity index is 2.68. The number of rotatable bonds is 10. The average Bonchev–Trinajstić information content (AvgIpc) is 3.12. The van der Waals surface area contributed by atoms with Crippen LogP contribution < -0.4 is 5.32 Å². The molecule has 0 radical (unpaired) electrons. The van der Waals surface area contributed by atoms with Crippen molar-refractivity contribution < 1.29 is 68.4 Å². The lowest BCUT2D eigenvalue weighted by atomic mass is 9.90. The minimum absolute atomic E-state index is 0.305. The van der Waals surface area contributed by atoms with E-state index in [0.717, 1.165) is 32.6 Å². The van der Waals surface area contributed by atoms with Gasteiger partial charge in [0.25, 0.3) is 0 Å². The Kier molecular flexibility index (Phi) is 10.7. The van der Waals surface area contributed by atoms with Crippen molar-refractivity contribution in [3.63, 3.8) is 0 Å². The fourth-order valence-electron chi connectivity index (χ4n) is 4.20. The van der Waals surface area contributed by atoms with Gasteiger partial charge >= 0.3 is 23.9 Å². The van der Waals surface area contributed by atoms with E-state index in [1.807, 2.05) is 0 Å². The van der Waals surface area contributed by atoms with Crippen LogP contribution in [0.25, 0.3) is 0 Å². The van der Waals surface area contributed by atoms with Gasteiger partial charge in [0.05, 0.1) is 13.2 Å². The van der Waals surface area contributed by atoms with Crippen molar-refractivity contribution in [2.45, 2.75) is 82.4 Å². The molecule has 2 aliphatic rings. The summed E-state index contributed by atoms with van der Waals surface area (Å²) >= 11 is 5.28. The van der Waals surface area contributed by atoms with Crippen molar-refractivity contribution in [2.75, 3.05) is 19.8 Å². The Morgan fingerprint density at radius 3 is 2.08 bits per heavy atom. The maximum atomic E-state index is 12.1. The molecule has 1 unspecified atom stereocenters. The van der Waals surface area contributed by atoms with E-state index < -0.39 is 98.3 Å². The largest absolute Gasteiger partial charge is 0.463 e. The molecule has 2 rings (SSSR count). The number of carbonyl (C=O) groups excluding carboxylic acids is 4. The van der Waals surface area contributed by atoms with E-state index >= 15 is 0 Å². The molecule has 0 aromatic rings. The molecule has 0 aromatic heterocycles. The van der Waals surface area contributed by atoms with Crippen LogP contribution in [0.2, 0.25) is 0 Å². The Hall–Kier alpha value is -2.67. The molecule has 2 heterocycles. The second-order valence-corrected chi connectivity index (χ2v) is 9.07. The van der Waals surface area contributed by atoms with Crippen LogP contribution in [-0.4, -0.2) is 134 Å². The lowest BCUT2D eigenvalue weighted by Gasteiger charge is -2.51. The number of aliphatic hydroxyl groups is 5. The summed E-state index contributed by atoms with van der Waals surface area (Å²) in [5, 5.41) is 54.0. The maximum absolute atomic E-state index is 12.1. The second-order valence-electron chi connectivity index (χ2n) is 8.69. The van der Waals surface area contributed by atoms with Crippen LogP contribution >= 0.6 is 12.2 Å². The molecule has 0 amide bonds. The number of thiocarbonyl (C=S) groups is 1. The number of esters is 4. The Labute approximate surface area is 222 Å². The van der Waals surface area contributed by atoms with Crippen LogP contribution in [0, 0.1) is 0 Å². The highest BCUT2D eigenvalue weighted by Crippen LogP contribution is 2.37. The van der Waals surface area contributed by atoms with Crippen LogP contribution in [0.3, 0.4) is 0 Å². The smallest absolute Gasteiger partial charge is 0.305 e. The molecule has 6 N–H and O–H groups in total. The molecule has 16 nitrogen and oxygen atoms in total. The lowest BCUT2D eigenvalue weighted by Crippen LogP contribution is -2.73. The van der Waals surface area contributed by atoms with E-state index in [9.17, 15) is 44.7 Å². The molecule has 0 aromatic carbocycles. The van der Waals surface area contributed by atoms with Gasteiger partial charge in [-0.15, -0.1) is 0 Å². The van der Waals surface area contributed by atoms with E-state index in [-0.39, 0.29) is 5.11 Å². The SMILES string of the molecule is CC(=O)OC[C@H]1O[C@@H](OC(C)=O)[C@H](N2C(=S)NCC2(O)[C@@H](O)[C@H](O)[C@H](O)CO)[C@@H](OC(C)=O)[C@@H]1OC(C)=O. The van der Waals surface area contributed by atoms with Crippen molar-refractivity contribution in [2.24, 2.45) is 0 Å². The summed E-state index contributed by atoms with van der Waals surface area (Å²) in [7, 11) is 0. The first-order chi connectivity index (χ1) is 17.6. The fraction of sp³-hybridized carbons (Fsp3) is 0.762. The quantitative estimate of drug-likeness (QED) is 0.0838. The second kappa shape index (κ2) is 12.9. The molecule has 0 spiro atoms. The van der Waals surface area contributed by atoms with Gasteiger partial charge in [-0.1, -0.05) is 0 Å². The predicted molar refractivity (Wildman–Crippen MR) is 124 cm³/mol. The van der Waals surface area contributed by atoms with Gasteiger partial charge in [-0.05, 0) is 12.2 Å². The van der Waals surface area contributed by atoms with E-state index in [0.29, 0.717) is 0 Å². The van der Waals surface area contributed by atoms with Crippen molar-refractivity contribution in [1.82, 2.24) is 10.2 Å². The highest BCUT2D eigenvalue weighted by molar-refractivity contribution is 7.80. The monoisotopic (exact) mass is 568 g/mol. The summed E-state index contributed by atoms with van der Waals surface area (Å²) in [5.74, 6) is -3.42. The zero-order valence-corrected chi connectivity index (χ0v) is 21.8. The van der Waals surface area contributed by atoms with Gasteiger partial charge < -0.3 is 59.4 Å². The summed E-state index contributed by atoms with van der Waals surface area (Å²) in [6.45, 7) is 2.10. The molecule has 0 aliphatic carbocycles. The van der Waals surface area contributed by atoms with Crippen LogP contribution in [0.4, 0.5) is 0 Å². The third-order valence-corrected chi connectivity index (χ3v) is 6.11. The first-order valence-corrected chi connectivity index (χ1v) is 11.8. The molecule has 2 saturated heterocycles. The normalized spacial score (nSPS) is 31.4. The highest BCUT2D eigenvalue weighted by atomic mass is 32.1. The number of nitrogens with zero attached hydrogens (tertiary/aromatic N) is 1. The number of β-amino-alcohol motifs (C(OH)–C–C–N with tert-alkyl or cyclic N) is 1. The van der Waals surface area contributed by atoms with Gasteiger partial charge in [0.1, 0.15) is 37.1 Å². The van der Waals surface area contributed by atoms with Gasteiger partial charge in [0.2, 0.25) is 6.29 Å². The number of nitrogens with one attached hydrogen (secondary N) is 1. The van der Waals surface area contributed by atoms with Crippen molar-refractivity contribution in [3.05, 3.63) is 0 Å². The van der Waals surface area contributed by atoms with Gasteiger partial charge in [-0.2, -0.15) is 0 Å². The van der Waals surface area contributed by atoms with Crippen LogP contribution in [0.5, 0.6) is 0 Å². The first kappa shape index (κ1) is 31.5. The number of ether oxygens (including phenoxy) is 5. The molecule has 17 heteroatoms. The molecule has 216 valence electrons. The van der Waals surface area contributed by atoms with Gasteiger partial charge in [-0.3, -0.25) is 19.2 Å². The minimum Gasteiger partial charge on any atom is -0.463 e. The molecular formula is C21H32N2O14S. The highest BCUT2D eigenvalue weighted by Gasteiger charge is 2.62. The van der Waals surface area contributed by atoms with Crippen molar-refractivity contribution in [3.8, 4) is 0 Å². The van der Waals surface area contributed by atoms with Crippen LogP contribution in [-0.2, 0) is 42.9 Å². The van der Waals surface area contributed by atoms with E-state index in [1.165, 1.54) is 0 Å². The molecular weight excluding hydrogens is 536 g/mol. The van der Waals surface area contributed by atoms with E-state index in [4.69, 9.17) is 35.9 Å². The summed E-state index contributed by atoms with van der Waals surface area (Å²) in [5.41, 5.74) is -2.58. The molecule has 38 heavy (non-hydrogen) atoms. The summed E-state index contributed by atoms with van der Waals surface area (Å²) in [6.07, 6.45) is -12.5. The molecule has 0 bridgehead atoms. The molecule has 9 atom stereocenters. The van der Waals surface area contributed by atoms with Gasteiger partial charge in [0.15, 0.2) is 23.0 Å². The summed E-state index contributed by atoms with van der Waals surface area (Å²) < 4.78 is 26.8. The predicted octanol–water partition coefficient (Wildman–Crippen LogP) is -3.98. The third kappa shape index (κ3) is 7.04. The number of aliphatic hydroxyl groups excluding tert-OH is 4. The Morgan fingerprint density at radius 1 is 1.03 bits per heavy atom. The standard InChI is InChI=1S/C21H32N2O14S/c1-8(25)33-6-13-16(34-9(2)26)17(35-10(3)27)14(19(37-13)36-11(4)28)23-20(38)22-7-21(23,32)18(31)15(30)12(29)5-24/h12-19,24,29-32H,5-7H2,1-4H3,(H,22,38)/t12-,13-,14-,15-,16-,17-,18+,19-,21?/m1/s1. The van der Waals surface area contributed by atoms with E-state index in [1.54, 1.807) is 0 Å². The number of carbonyl (C=O) groups is 4. The molecule has 2 aliphatic heterocycles. The lowest BCUT2D eigenvalue weighted by molar-refractivity contribution is -0.300. The minimum atomic E-state index is -2.58. The Bertz CT molecular complexity index is 920. The zero-order valence-electron chi connectivity index (χ0n) is 21.0. The summed E-state index contributed by atoms with van der Waals surface area (Å²) in [4.78, 5) is 48.4. The third-order valence-electron chi connectivity index (χ3n) is 5.76. The number of hydrogen-bond donors (Lipinski definition) is 6. The van der Waals surface area contributed by atoms with Crippen molar-refractivity contribution >= 4 is 41.2 Å². The fourth-order valence-corrected chi connectivity index (χ4v) is 4.55. The summed E-state index contributed by atoms with van der Waals surface area (Å²) in [6, 6.07) is -1.64. The maximum Gasteiger partial charge on any atom is 0.305 e. The van der Waals surface area contributed by atoms with Crippen LogP contribution in [0.1, 0.15) is 27.7 Å². The van der Waals surface area contributed by atoms with E-state index in [2.05, 4.69) is 5.32 Å². The molecule has 2 fully saturated rings. The van der Waals surface area contributed by atoms with Crippen molar-refractivity contribution in [1.29, 1.82) is 0 Å². The molecule has 0 saturated carbocycles. The average molecular weight is 569 g/mol. The Morgan fingerprint density at radius 2 is 1.58 bits per heavy atom. The van der Waals surface area contributed by atoms with Crippen LogP contribution in [0.15, 0.2) is 0 Å². The first-order valence-electron chi connectivity index (χ1n) is 11.4. The van der Waals surface area contributed by atoms with Gasteiger partial charge in [-0.25, -0.2) is 0 Å². The zero-order chi connectivity index (χ0) is 28.9. The topological polar surface area (TPSA) is 231 Å². The number of hydrogen-bond acceptors (Lipinski definition) is 15. The van der Waals surface area contributed by atoms with Gasteiger partial charge in [0, 0.05) is 27.7 Å².